The molecular formula is C16H10FN5O4S. The Morgan fingerprint density at radius 1 is 1.33 bits per heavy atom. The molecule has 27 heavy (non-hydrogen) atoms. The van der Waals surface area contributed by atoms with Crippen LogP contribution in [0.2, 0.25) is 0 Å². The number of fused-ring (bicyclic) bond motifs is 1. The summed E-state index contributed by atoms with van der Waals surface area (Å²) < 4.78 is 20.3. The van der Waals surface area contributed by atoms with Crippen molar-refractivity contribution in [1.82, 2.24) is 14.8 Å². The minimum atomic E-state index is -0.731. The van der Waals surface area contributed by atoms with Gasteiger partial charge in [0.1, 0.15) is 16.6 Å². The van der Waals surface area contributed by atoms with Crippen LogP contribution in [-0.4, -0.2) is 25.6 Å². The summed E-state index contributed by atoms with van der Waals surface area (Å²) in [7, 11) is 0. The number of rotatable bonds is 4. The summed E-state index contributed by atoms with van der Waals surface area (Å²) >= 11 is 1.21. The lowest BCUT2D eigenvalue weighted by Crippen LogP contribution is -2.14. The number of hydrogen-bond donors (Lipinski definition) is 1. The van der Waals surface area contributed by atoms with Gasteiger partial charge in [-0.3, -0.25) is 14.9 Å². The molecule has 0 unspecified atom stereocenters. The van der Waals surface area contributed by atoms with Crippen LogP contribution in [0.15, 0.2) is 40.8 Å². The van der Waals surface area contributed by atoms with Crippen LogP contribution < -0.4 is 5.32 Å². The second-order valence-electron chi connectivity index (χ2n) is 5.54. The van der Waals surface area contributed by atoms with Gasteiger partial charge < -0.3 is 9.73 Å². The molecule has 0 radical (unpaired) electrons. The average molecular weight is 387 g/mol. The van der Waals surface area contributed by atoms with Crippen molar-refractivity contribution in [1.29, 1.82) is 0 Å². The number of hydrogen-bond acceptors (Lipinski definition) is 7. The molecule has 0 saturated heterocycles. The maximum atomic E-state index is 13.4. The molecule has 9 nitrogen and oxygen atoms in total. The van der Waals surface area contributed by atoms with Gasteiger partial charge in [-0.1, -0.05) is 11.3 Å². The van der Waals surface area contributed by atoms with Gasteiger partial charge in [0.15, 0.2) is 5.76 Å². The Morgan fingerprint density at radius 2 is 2.15 bits per heavy atom. The van der Waals surface area contributed by atoms with Gasteiger partial charge in [-0.15, -0.1) is 0 Å². The molecule has 0 atom stereocenters. The number of halogens is 1. The molecule has 4 aromatic rings. The highest BCUT2D eigenvalue weighted by molar-refractivity contribution is 7.20. The van der Waals surface area contributed by atoms with Crippen LogP contribution in [0.3, 0.4) is 0 Å². The minimum absolute atomic E-state index is 0.210. The van der Waals surface area contributed by atoms with Crippen LogP contribution in [-0.2, 0) is 0 Å². The van der Waals surface area contributed by atoms with E-state index in [1.807, 2.05) is 0 Å². The lowest BCUT2D eigenvalue weighted by atomic mass is 10.3. The van der Waals surface area contributed by atoms with Crippen LogP contribution in [0, 0.1) is 22.9 Å². The molecule has 0 aliphatic heterocycles. The van der Waals surface area contributed by atoms with E-state index < -0.39 is 16.7 Å². The molecule has 3 heterocycles. The van der Waals surface area contributed by atoms with Crippen LogP contribution in [0.4, 0.5) is 16.1 Å². The van der Waals surface area contributed by atoms with Crippen molar-refractivity contribution in [2.45, 2.75) is 6.92 Å². The third kappa shape index (κ3) is 3.15. The Bertz CT molecular complexity index is 1190. The summed E-state index contributed by atoms with van der Waals surface area (Å²) in [5.74, 6) is -1.48. The molecule has 0 aliphatic carbocycles. The smallest absolute Gasteiger partial charge is 0.395 e. The van der Waals surface area contributed by atoms with Gasteiger partial charge in [-0.25, -0.2) is 9.37 Å². The first kappa shape index (κ1) is 16.8. The first-order chi connectivity index (χ1) is 12.9. The molecule has 0 aliphatic rings. The zero-order valence-corrected chi connectivity index (χ0v) is 14.5. The Kier molecular flexibility index (Phi) is 3.92. The van der Waals surface area contributed by atoms with E-state index in [-0.39, 0.29) is 11.6 Å². The Hall–Kier alpha value is -3.60. The fraction of sp³-hybridized carbons (Fsp3) is 0.0625. The quantitative estimate of drug-likeness (QED) is 0.422. The van der Waals surface area contributed by atoms with E-state index in [0.29, 0.717) is 26.9 Å². The molecule has 1 amide bonds. The van der Waals surface area contributed by atoms with E-state index in [1.165, 1.54) is 34.2 Å². The molecule has 0 bridgehead atoms. The van der Waals surface area contributed by atoms with E-state index >= 15 is 0 Å². The van der Waals surface area contributed by atoms with Gasteiger partial charge in [0, 0.05) is 6.07 Å². The van der Waals surface area contributed by atoms with E-state index in [0.717, 1.165) is 6.07 Å². The second kappa shape index (κ2) is 6.29. The first-order valence-corrected chi connectivity index (χ1v) is 8.41. The van der Waals surface area contributed by atoms with Crippen molar-refractivity contribution in [2.24, 2.45) is 0 Å². The number of anilines is 1. The van der Waals surface area contributed by atoms with Crippen molar-refractivity contribution in [3.63, 3.8) is 0 Å². The van der Waals surface area contributed by atoms with Crippen molar-refractivity contribution in [2.75, 3.05) is 5.32 Å². The number of aryl methyl sites for hydroxylation is 1. The summed E-state index contributed by atoms with van der Waals surface area (Å²) in [6.07, 6.45) is 0. The summed E-state index contributed by atoms with van der Waals surface area (Å²) in [6, 6.07) is 8.16. The predicted octanol–water partition coefficient (Wildman–Crippen LogP) is 3.68. The SMILES string of the molecule is Cc1cc(NC(=O)c2ccc([N+](=O)[O-])o2)n(-c2nc3ccc(F)cc3s2)n1. The van der Waals surface area contributed by atoms with Crippen LogP contribution in [0.5, 0.6) is 0 Å². The first-order valence-electron chi connectivity index (χ1n) is 7.59. The third-order valence-electron chi connectivity index (χ3n) is 3.59. The van der Waals surface area contributed by atoms with E-state index in [2.05, 4.69) is 15.4 Å². The third-order valence-corrected chi connectivity index (χ3v) is 4.58. The van der Waals surface area contributed by atoms with Gasteiger partial charge in [-0.05, 0) is 31.2 Å². The topological polar surface area (TPSA) is 116 Å². The highest BCUT2D eigenvalue weighted by Crippen LogP contribution is 2.28. The van der Waals surface area contributed by atoms with E-state index in [1.54, 1.807) is 19.1 Å². The van der Waals surface area contributed by atoms with Gasteiger partial charge in [0.2, 0.25) is 5.13 Å². The van der Waals surface area contributed by atoms with Gasteiger partial charge in [0.25, 0.3) is 5.91 Å². The molecule has 0 saturated carbocycles. The maximum absolute atomic E-state index is 13.4. The molecule has 3 aromatic heterocycles. The molecular weight excluding hydrogens is 377 g/mol. The van der Waals surface area contributed by atoms with Crippen LogP contribution in [0.1, 0.15) is 16.2 Å². The second-order valence-corrected chi connectivity index (χ2v) is 6.55. The number of amides is 1. The standard InChI is InChI=1S/C16H10FN5O4S/c1-8-6-13(19-15(23)11-4-5-14(26-11)22(24)25)21(20-8)16-18-10-3-2-9(17)7-12(10)27-16/h2-7H,1H3,(H,19,23). The zero-order chi connectivity index (χ0) is 19.1. The van der Waals surface area contributed by atoms with Gasteiger partial charge >= 0.3 is 5.88 Å². The van der Waals surface area contributed by atoms with Gasteiger partial charge in [-0.2, -0.15) is 9.78 Å². The Labute approximate surface area is 154 Å². The molecule has 136 valence electrons. The molecule has 11 heteroatoms. The number of nitrogens with one attached hydrogen (secondary N) is 1. The zero-order valence-electron chi connectivity index (χ0n) is 13.7. The lowest BCUT2D eigenvalue weighted by molar-refractivity contribution is -0.402. The molecule has 0 spiro atoms. The summed E-state index contributed by atoms with van der Waals surface area (Å²) in [5, 5.41) is 18.0. The van der Waals surface area contributed by atoms with Crippen LogP contribution in [0.25, 0.3) is 15.3 Å². The molecule has 4 rings (SSSR count). The summed E-state index contributed by atoms with van der Waals surface area (Å²) in [5.41, 5.74) is 1.21. The summed E-state index contributed by atoms with van der Waals surface area (Å²) in [6.45, 7) is 1.73. The predicted molar refractivity (Wildman–Crippen MR) is 94.8 cm³/mol. The number of aromatic nitrogens is 3. The van der Waals surface area contributed by atoms with Crippen LogP contribution >= 0.6 is 11.3 Å². The van der Waals surface area contributed by atoms with Crippen molar-refractivity contribution >= 4 is 39.2 Å². The van der Waals surface area contributed by atoms with Gasteiger partial charge in [0.05, 0.1) is 22.0 Å². The largest absolute Gasteiger partial charge is 0.433 e. The van der Waals surface area contributed by atoms with Crippen molar-refractivity contribution in [3.05, 3.63) is 63.8 Å². The molecule has 0 fully saturated rings. The minimum Gasteiger partial charge on any atom is -0.395 e. The number of nitro groups is 1. The Balaban J connectivity index is 1.67. The van der Waals surface area contributed by atoms with Crippen molar-refractivity contribution in [3.8, 4) is 5.13 Å². The van der Waals surface area contributed by atoms with E-state index in [9.17, 15) is 19.3 Å². The highest BCUT2D eigenvalue weighted by atomic mass is 32.1. The normalized spacial score (nSPS) is 11.0. The van der Waals surface area contributed by atoms with E-state index in [4.69, 9.17) is 4.42 Å². The number of carbonyl (C=O) groups excluding carboxylic acids is 1. The lowest BCUT2D eigenvalue weighted by Gasteiger charge is -2.04. The number of nitrogens with zero attached hydrogens (tertiary/aromatic N) is 4. The molecule has 1 N–H and O–H groups in total. The molecule has 1 aromatic carbocycles. The maximum Gasteiger partial charge on any atom is 0.433 e. The summed E-state index contributed by atoms with van der Waals surface area (Å²) in [4.78, 5) is 26.7. The number of thiazole rings is 1. The number of furan rings is 1. The Morgan fingerprint density at radius 3 is 2.89 bits per heavy atom. The fourth-order valence-electron chi connectivity index (χ4n) is 2.44. The monoisotopic (exact) mass is 387 g/mol. The number of carbonyl (C=O) groups is 1. The fourth-order valence-corrected chi connectivity index (χ4v) is 3.39. The average Bonchev–Trinajstić information content (AvgIpc) is 3.31. The van der Waals surface area contributed by atoms with Crippen molar-refractivity contribution < 1.29 is 18.5 Å². The highest BCUT2D eigenvalue weighted by Gasteiger charge is 2.20. The number of benzene rings is 1.